The number of nitrogens with zero attached hydrogens (tertiary/aromatic N) is 4. The Labute approximate surface area is 261 Å². The van der Waals surface area contributed by atoms with Crippen LogP contribution in [-0.4, -0.2) is 147 Å². The highest BCUT2D eigenvalue weighted by atomic mass is 19.1. The number of amides is 2. The third-order valence-corrected chi connectivity index (χ3v) is 11.3. The van der Waals surface area contributed by atoms with Gasteiger partial charge in [-0.2, -0.15) is 5.01 Å². The standard InChI is InChI=1S/C31H54F2N8O3/c32-23-20-40-30(41(21-23)14-6-4-2-1-3-5-7-15-41)26(28(34)37-40)29(42)36-25-19-35-18-24(33)27(25)38-10-8-22(9-11-38)31(43)39-12-16-44-17-13-39/h22-28,30,35,37H,1-21,34H2/p+1. The van der Waals surface area contributed by atoms with Crippen molar-refractivity contribution in [3.63, 3.8) is 0 Å². The number of quaternary nitrogens is 1. The van der Waals surface area contributed by atoms with E-state index >= 15 is 8.78 Å². The number of hydrogen-bond acceptors (Lipinski definition) is 8. The summed E-state index contributed by atoms with van der Waals surface area (Å²) < 4.78 is 36.9. The van der Waals surface area contributed by atoms with E-state index in [1.54, 1.807) is 0 Å². The van der Waals surface area contributed by atoms with E-state index in [4.69, 9.17) is 10.5 Å². The average Bonchev–Trinajstić information content (AvgIpc) is 3.37. The Morgan fingerprint density at radius 1 is 0.909 bits per heavy atom. The average molecular weight is 626 g/mol. The molecule has 5 N–H and O–H groups in total. The molecule has 44 heavy (non-hydrogen) atoms. The van der Waals surface area contributed by atoms with Crippen LogP contribution in [0, 0.1) is 11.8 Å². The maximum atomic E-state index is 15.7. The van der Waals surface area contributed by atoms with Crippen molar-refractivity contribution in [2.75, 3.05) is 78.7 Å². The molecule has 2 amide bonds. The van der Waals surface area contributed by atoms with Crippen LogP contribution in [0.2, 0.25) is 0 Å². The zero-order valence-corrected chi connectivity index (χ0v) is 26.3. The number of fused-ring (bicyclic) bond motifs is 2. The number of hydrazine groups is 1. The Morgan fingerprint density at radius 2 is 1.57 bits per heavy atom. The van der Waals surface area contributed by atoms with E-state index in [1.165, 1.54) is 19.3 Å². The smallest absolute Gasteiger partial charge is 0.234 e. The van der Waals surface area contributed by atoms with Gasteiger partial charge in [0.15, 0.2) is 12.3 Å². The second kappa shape index (κ2) is 14.5. The number of nitrogens with one attached hydrogen (secondary N) is 3. The predicted octanol–water partition coefficient (Wildman–Crippen LogP) is 0.312. The van der Waals surface area contributed by atoms with Crippen molar-refractivity contribution in [3.8, 4) is 0 Å². The Hall–Kier alpha value is -1.48. The normalized spacial score (nSPS) is 38.2. The highest BCUT2D eigenvalue weighted by Gasteiger charge is 2.59. The molecule has 6 aliphatic rings. The molecule has 6 saturated heterocycles. The number of nitrogens with two attached hydrogens (primary N) is 1. The number of morpholine rings is 1. The molecule has 7 unspecified atom stereocenters. The summed E-state index contributed by atoms with van der Waals surface area (Å²) in [5, 5.41) is 8.34. The zero-order valence-electron chi connectivity index (χ0n) is 26.3. The first-order chi connectivity index (χ1) is 21.4. The molecular weight excluding hydrogens is 570 g/mol. The summed E-state index contributed by atoms with van der Waals surface area (Å²) in [5.74, 6) is -0.610. The van der Waals surface area contributed by atoms with Gasteiger partial charge in [-0.15, -0.1) is 0 Å². The molecule has 6 rings (SSSR count). The quantitative estimate of drug-likeness (QED) is 0.331. The Kier molecular flexibility index (Phi) is 10.7. The van der Waals surface area contributed by atoms with Gasteiger partial charge in [0.1, 0.15) is 18.6 Å². The van der Waals surface area contributed by atoms with Crippen molar-refractivity contribution in [1.29, 1.82) is 0 Å². The summed E-state index contributed by atoms with van der Waals surface area (Å²) in [5.41, 5.74) is 9.89. The lowest BCUT2D eigenvalue weighted by Gasteiger charge is -2.52. The van der Waals surface area contributed by atoms with Gasteiger partial charge in [-0.25, -0.2) is 14.2 Å². The molecule has 0 aromatic rings. The highest BCUT2D eigenvalue weighted by Crippen LogP contribution is 2.37. The first kappa shape index (κ1) is 32.5. The van der Waals surface area contributed by atoms with E-state index in [1.807, 2.05) is 9.91 Å². The number of carbonyl (C=O) groups excluding carboxylic acids is 2. The highest BCUT2D eigenvalue weighted by molar-refractivity contribution is 5.81. The molecule has 7 atom stereocenters. The van der Waals surface area contributed by atoms with Crippen LogP contribution < -0.4 is 21.8 Å². The first-order valence-electron chi connectivity index (χ1n) is 17.4. The molecule has 250 valence electrons. The summed E-state index contributed by atoms with van der Waals surface area (Å²) in [6, 6.07) is -0.899. The van der Waals surface area contributed by atoms with Crippen LogP contribution in [-0.2, 0) is 14.3 Å². The number of carbonyl (C=O) groups is 2. The number of rotatable bonds is 4. The summed E-state index contributed by atoms with van der Waals surface area (Å²) in [7, 11) is 0. The molecule has 0 aromatic heterocycles. The van der Waals surface area contributed by atoms with Crippen LogP contribution in [0.5, 0.6) is 0 Å². The molecule has 13 heteroatoms. The number of halogens is 2. The van der Waals surface area contributed by atoms with Gasteiger partial charge in [0.25, 0.3) is 0 Å². The molecule has 0 aliphatic carbocycles. The maximum absolute atomic E-state index is 15.7. The SMILES string of the molecule is NC1NN2CC(F)C[N+]3(CCCCCCCCC3)C2C1C(=O)NC1CNCC(F)C1N1CCC(C(=O)N2CCOCC2)CC1. The summed E-state index contributed by atoms with van der Waals surface area (Å²) in [6.45, 7) is 6.72. The van der Waals surface area contributed by atoms with Crippen molar-refractivity contribution >= 4 is 11.8 Å². The Balaban J connectivity index is 1.14. The number of hydrogen-bond donors (Lipinski definition) is 4. The molecule has 0 saturated carbocycles. The third kappa shape index (κ3) is 6.94. The molecule has 6 fully saturated rings. The fraction of sp³-hybridized carbons (Fsp3) is 0.935. The topological polar surface area (TPSA) is 115 Å². The molecule has 0 radical (unpaired) electrons. The van der Waals surface area contributed by atoms with Crippen LogP contribution >= 0.6 is 0 Å². The molecule has 0 bridgehead atoms. The fourth-order valence-electron chi connectivity index (χ4n) is 9.15. The van der Waals surface area contributed by atoms with E-state index in [-0.39, 0.29) is 37.0 Å². The van der Waals surface area contributed by atoms with Crippen molar-refractivity contribution in [1.82, 2.24) is 30.9 Å². The minimum Gasteiger partial charge on any atom is -0.378 e. The van der Waals surface area contributed by atoms with Crippen molar-refractivity contribution in [3.05, 3.63) is 0 Å². The third-order valence-electron chi connectivity index (χ3n) is 11.3. The van der Waals surface area contributed by atoms with Gasteiger partial charge in [0.05, 0.1) is 51.1 Å². The largest absolute Gasteiger partial charge is 0.378 e. The number of likely N-dealkylation sites (tertiary alicyclic amines) is 1. The van der Waals surface area contributed by atoms with Gasteiger partial charge in [0.2, 0.25) is 11.8 Å². The van der Waals surface area contributed by atoms with Crippen molar-refractivity contribution in [2.45, 2.75) is 94.5 Å². The molecule has 0 aromatic carbocycles. The Bertz CT molecular complexity index is 972. The van der Waals surface area contributed by atoms with E-state index in [0.717, 1.165) is 38.8 Å². The molecule has 1 spiro atoms. The maximum Gasteiger partial charge on any atom is 0.234 e. The minimum absolute atomic E-state index is 0.0532. The van der Waals surface area contributed by atoms with E-state index < -0.39 is 36.5 Å². The first-order valence-corrected chi connectivity index (χ1v) is 17.4. The van der Waals surface area contributed by atoms with Gasteiger partial charge >= 0.3 is 0 Å². The summed E-state index contributed by atoms with van der Waals surface area (Å²) >= 11 is 0. The lowest BCUT2D eigenvalue weighted by atomic mass is 9.89. The van der Waals surface area contributed by atoms with Gasteiger partial charge in [-0.3, -0.25) is 14.5 Å². The van der Waals surface area contributed by atoms with Crippen molar-refractivity contribution < 1.29 is 27.6 Å². The monoisotopic (exact) mass is 625 g/mol. The summed E-state index contributed by atoms with van der Waals surface area (Å²) in [6.07, 6.45) is 6.33. The van der Waals surface area contributed by atoms with Crippen LogP contribution in [0.4, 0.5) is 8.78 Å². The summed E-state index contributed by atoms with van der Waals surface area (Å²) in [4.78, 5) is 31.4. The van der Waals surface area contributed by atoms with E-state index in [0.29, 0.717) is 69.8 Å². The van der Waals surface area contributed by atoms with Crippen molar-refractivity contribution in [2.24, 2.45) is 17.6 Å². The second-order valence-electron chi connectivity index (χ2n) is 14.2. The van der Waals surface area contributed by atoms with Crippen LogP contribution in [0.25, 0.3) is 0 Å². The second-order valence-corrected chi connectivity index (χ2v) is 14.2. The minimum atomic E-state index is -1.14. The lowest BCUT2D eigenvalue weighted by molar-refractivity contribution is -0.971. The van der Waals surface area contributed by atoms with Gasteiger partial charge < -0.3 is 30.5 Å². The molecule has 11 nitrogen and oxygen atoms in total. The van der Waals surface area contributed by atoms with Crippen LogP contribution in [0.1, 0.15) is 57.8 Å². The number of alkyl halides is 2. The van der Waals surface area contributed by atoms with Gasteiger partial charge in [-0.1, -0.05) is 19.3 Å². The molecule has 6 heterocycles. The number of ether oxygens (including phenoxy) is 1. The van der Waals surface area contributed by atoms with Crippen LogP contribution in [0.3, 0.4) is 0 Å². The molecular formula is C31H55F2N8O3+. The van der Waals surface area contributed by atoms with Crippen LogP contribution in [0.15, 0.2) is 0 Å². The Morgan fingerprint density at radius 3 is 2.25 bits per heavy atom. The van der Waals surface area contributed by atoms with Gasteiger partial charge in [-0.05, 0) is 51.6 Å². The van der Waals surface area contributed by atoms with E-state index in [9.17, 15) is 9.59 Å². The number of piperidine rings is 2. The predicted molar refractivity (Wildman–Crippen MR) is 162 cm³/mol. The zero-order chi connectivity index (χ0) is 30.7. The van der Waals surface area contributed by atoms with Gasteiger partial charge in [0, 0.05) is 32.1 Å². The lowest BCUT2D eigenvalue weighted by Crippen LogP contribution is -2.72. The fourth-order valence-corrected chi connectivity index (χ4v) is 9.15. The molecule has 6 aliphatic heterocycles. The van der Waals surface area contributed by atoms with E-state index in [2.05, 4.69) is 21.0 Å².